The van der Waals surface area contributed by atoms with Gasteiger partial charge < -0.3 is 10.6 Å². The van der Waals surface area contributed by atoms with Crippen molar-refractivity contribution < 1.29 is 9.59 Å². The Bertz CT molecular complexity index is 540. The van der Waals surface area contributed by atoms with Crippen LogP contribution in [0.5, 0.6) is 0 Å². The molecule has 2 N–H and O–H groups in total. The lowest BCUT2D eigenvalue weighted by molar-refractivity contribution is -0.113. The monoisotopic (exact) mass is 276 g/mol. The first-order chi connectivity index (χ1) is 9.13. The highest BCUT2D eigenvalue weighted by Crippen LogP contribution is 2.33. The van der Waals surface area contributed by atoms with Crippen molar-refractivity contribution in [3.8, 4) is 0 Å². The standard InChI is InChI=1S/C14H16N2O2S/c1-8(9-2-3-9)15-14(18)10-4-5-12-11(6-10)16-13(17)7-19-12/h4-6,8-9H,2-3,7H2,1H3,(H,15,18)(H,16,17)/t8-/m1/s1. The summed E-state index contributed by atoms with van der Waals surface area (Å²) in [7, 11) is 0. The molecule has 5 heteroatoms. The second-order valence-corrected chi connectivity index (χ2v) is 6.16. The third kappa shape index (κ3) is 2.76. The van der Waals surface area contributed by atoms with Crippen LogP contribution in [0.25, 0.3) is 0 Å². The molecule has 1 aliphatic heterocycles. The quantitative estimate of drug-likeness (QED) is 0.890. The molecule has 0 saturated heterocycles. The molecule has 2 amide bonds. The van der Waals surface area contributed by atoms with Gasteiger partial charge in [-0.2, -0.15) is 0 Å². The number of rotatable bonds is 3. The highest BCUT2D eigenvalue weighted by Gasteiger charge is 2.29. The Labute approximate surface area is 116 Å². The van der Waals surface area contributed by atoms with Gasteiger partial charge >= 0.3 is 0 Å². The van der Waals surface area contributed by atoms with E-state index in [0.717, 1.165) is 10.6 Å². The molecule has 1 aliphatic carbocycles. The zero-order valence-electron chi connectivity index (χ0n) is 10.7. The number of anilines is 1. The van der Waals surface area contributed by atoms with Gasteiger partial charge in [0, 0.05) is 16.5 Å². The summed E-state index contributed by atoms with van der Waals surface area (Å²) in [5.74, 6) is 1.00. The van der Waals surface area contributed by atoms with E-state index >= 15 is 0 Å². The third-order valence-corrected chi connectivity index (χ3v) is 4.64. The second-order valence-electron chi connectivity index (χ2n) is 5.15. The third-order valence-electron chi connectivity index (χ3n) is 3.56. The maximum absolute atomic E-state index is 12.1. The molecule has 1 fully saturated rings. The zero-order valence-corrected chi connectivity index (χ0v) is 11.5. The van der Waals surface area contributed by atoms with Gasteiger partial charge in [0.05, 0.1) is 11.4 Å². The van der Waals surface area contributed by atoms with Crippen molar-refractivity contribution in [1.82, 2.24) is 5.32 Å². The lowest BCUT2D eigenvalue weighted by Gasteiger charge is -2.18. The molecule has 0 bridgehead atoms. The molecule has 2 aliphatic rings. The number of nitrogens with one attached hydrogen (secondary N) is 2. The Balaban J connectivity index is 1.75. The number of benzene rings is 1. The average Bonchev–Trinajstić information content (AvgIpc) is 3.22. The SMILES string of the molecule is C[C@@H](NC(=O)c1ccc2c(c1)NC(=O)CS2)C1CC1. The van der Waals surface area contributed by atoms with E-state index in [1.54, 1.807) is 6.07 Å². The number of fused-ring (bicyclic) bond motifs is 1. The lowest BCUT2D eigenvalue weighted by atomic mass is 10.1. The summed E-state index contributed by atoms with van der Waals surface area (Å²) in [6.45, 7) is 2.05. The minimum Gasteiger partial charge on any atom is -0.349 e. The summed E-state index contributed by atoms with van der Waals surface area (Å²) < 4.78 is 0. The smallest absolute Gasteiger partial charge is 0.251 e. The fourth-order valence-corrected chi connectivity index (χ4v) is 3.02. The summed E-state index contributed by atoms with van der Waals surface area (Å²) in [5, 5.41) is 5.82. The van der Waals surface area contributed by atoms with Crippen molar-refractivity contribution in [1.29, 1.82) is 0 Å². The highest BCUT2D eigenvalue weighted by molar-refractivity contribution is 8.00. The number of carbonyl (C=O) groups excluding carboxylic acids is 2. The first-order valence-corrected chi connectivity index (χ1v) is 7.49. The highest BCUT2D eigenvalue weighted by atomic mass is 32.2. The topological polar surface area (TPSA) is 58.2 Å². The number of carbonyl (C=O) groups is 2. The van der Waals surface area contributed by atoms with Crippen molar-refractivity contribution in [2.24, 2.45) is 5.92 Å². The van der Waals surface area contributed by atoms with Crippen LogP contribution in [0.1, 0.15) is 30.1 Å². The summed E-state index contributed by atoms with van der Waals surface area (Å²) in [5.41, 5.74) is 1.35. The fraction of sp³-hybridized carbons (Fsp3) is 0.429. The minimum atomic E-state index is -0.0629. The molecule has 0 spiro atoms. The van der Waals surface area contributed by atoms with E-state index in [0.29, 0.717) is 17.2 Å². The minimum absolute atomic E-state index is 0.0126. The molecule has 0 radical (unpaired) electrons. The van der Waals surface area contributed by atoms with Crippen LogP contribution >= 0.6 is 11.8 Å². The Morgan fingerprint density at radius 2 is 2.26 bits per heavy atom. The summed E-state index contributed by atoms with van der Waals surface area (Å²) in [6.07, 6.45) is 2.41. The zero-order chi connectivity index (χ0) is 13.4. The van der Waals surface area contributed by atoms with E-state index in [9.17, 15) is 9.59 Å². The van der Waals surface area contributed by atoms with Crippen LogP contribution in [0.15, 0.2) is 23.1 Å². The van der Waals surface area contributed by atoms with Crippen LogP contribution in [0.3, 0.4) is 0 Å². The van der Waals surface area contributed by atoms with Crippen LogP contribution in [0.2, 0.25) is 0 Å². The van der Waals surface area contributed by atoms with Gasteiger partial charge in [-0.1, -0.05) is 0 Å². The van der Waals surface area contributed by atoms with Gasteiger partial charge in [0.15, 0.2) is 0 Å². The van der Waals surface area contributed by atoms with Gasteiger partial charge in [-0.3, -0.25) is 9.59 Å². The first kappa shape index (κ1) is 12.5. The van der Waals surface area contributed by atoms with Gasteiger partial charge in [-0.15, -0.1) is 11.8 Å². The predicted octanol–water partition coefficient (Wildman–Crippen LogP) is 2.26. The Kier molecular flexibility index (Phi) is 3.22. The summed E-state index contributed by atoms with van der Waals surface area (Å²) >= 11 is 1.50. The van der Waals surface area contributed by atoms with Crippen LogP contribution in [-0.2, 0) is 4.79 Å². The van der Waals surface area contributed by atoms with Gasteiger partial charge in [0.2, 0.25) is 5.91 Å². The average molecular weight is 276 g/mol. The molecule has 1 saturated carbocycles. The van der Waals surface area contributed by atoms with Crippen LogP contribution in [0.4, 0.5) is 5.69 Å². The largest absolute Gasteiger partial charge is 0.349 e. The number of hydrogen-bond donors (Lipinski definition) is 2. The van der Waals surface area contributed by atoms with Crippen molar-refractivity contribution in [2.45, 2.75) is 30.7 Å². The van der Waals surface area contributed by atoms with Gasteiger partial charge in [-0.05, 0) is 43.9 Å². The van der Waals surface area contributed by atoms with E-state index in [4.69, 9.17) is 0 Å². The number of hydrogen-bond acceptors (Lipinski definition) is 3. The van der Waals surface area contributed by atoms with Crippen LogP contribution < -0.4 is 10.6 Å². The van der Waals surface area contributed by atoms with E-state index in [2.05, 4.69) is 10.6 Å². The molecule has 100 valence electrons. The fourth-order valence-electron chi connectivity index (χ4n) is 2.23. The van der Waals surface area contributed by atoms with Crippen LogP contribution in [-0.4, -0.2) is 23.6 Å². The normalized spacial score (nSPS) is 19.3. The molecular weight excluding hydrogens is 260 g/mol. The Morgan fingerprint density at radius 1 is 1.47 bits per heavy atom. The van der Waals surface area contributed by atoms with Crippen molar-refractivity contribution in [2.75, 3.05) is 11.1 Å². The molecule has 1 heterocycles. The lowest BCUT2D eigenvalue weighted by Crippen LogP contribution is -2.34. The van der Waals surface area contributed by atoms with Crippen molar-refractivity contribution in [3.63, 3.8) is 0 Å². The van der Waals surface area contributed by atoms with E-state index < -0.39 is 0 Å². The molecule has 1 aromatic carbocycles. The second kappa shape index (κ2) is 4.89. The maximum Gasteiger partial charge on any atom is 0.251 e. The molecule has 4 nitrogen and oxygen atoms in total. The molecule has 1 atom stereocenters. The molecule has 3 rings (SSSR count). The van der Waals surface area contributed by atoms with E-state index in [-0.39, 0.29) is 17.9 Å². The molecular formula is C14H16N2O2S. The Hall–Kier alpha value is -1.49. The molecule has 1 aromatic rings. The maximum atomic E-state index is 12.1. The first-order valence-electron chi connectivity index (χ1n) is 6.51. The summed E-state index contributed by atoms with van der Waals surface area (Å²) in [6, 6.07) is 5.70. The van der Waals surface area contributed by atoms with E-state index in [1.165, 1.54) is 24.6 Å². The van der Waals surface area contributed by atoms with Crippen molar-refractivity contribution in [3.05, 3.63) is 23.8 Å². The van der Waals surface area contributed by atoms with E-state index in [1.807, 2.05) is 19.1 Å². The number of amides is 2. The summed E-state index contributed by atoms with van der Waals surface area (Å²) in [4.78, 5) is 24.5. The molecule has 19 heavy (non-hydrogen) atoms. The number of thioether (sulfide) groups is 1. The predicted molar refractivity (Wildman–Crippen MR) is 75.4 cm³/mol. The molecule has 0 unspecified atom stereocenters. The van der Waals surface area contributed by atoms with Crippen molar-refractivity contribution >= 4 is 29.3 Å². The van der Waals surface area contributed by atoms with Gasteiger partial charge in [-0.25, -0.2) is 0 Å². The van der Waals surface area contributed by atoms with Crippen LogP contribution in [0, 0.1) is 5.92 Å². The van der Waals surface area contributed by atoms with Gasteiger partial charge in [0.1, 0.15) is 0 Å². The molecule has 0 aromatic heterocycles. The Morgan fingerprint density at radius 3 is 3.00 bits per heavy atom. The van der Waals surface area contributed by atoms with Gasteiger partial charge in [0.25, 0.3) is 5.91 Å².